The van der Waals surface area contributed by atoms with Gasteiger partial charge in [-0.15, -0.1) is 0 Å². The quantitative estimate of drug-likeness (QED) is 0.223. The summed E-state index contributed by atoms with van der Waals surface area (Å²) in [6.45, 7) is 0. The number of hydrogen-bond acceptors (Lipinski definition) is 1. The van der Waals surface area contributed by atoms with E-state index in [1.807, 2.05) is 6.07 Å². The lowest BCUT2D eigenvalue weighted by Crippen LogP contribution is -1.78. The first-order chi connectivity index (χ1) is 8.91. The SMILES string of the molecule is Clc1cc(Br)c2oc3c(Cl)c(Br)c(Cl)c(Br)c3c2c1. The van der Waals surface area contributed by atoms with E-state index in [9.17, 15) is 0 Å². The van der Waals surface area contributed by atoms with Gasteiger partial charge in [0.25, 0.3) is 0 Å². The Hall–Kier alpha value is 0.550. The van der Waals surface area contributed by atoms with Gasteiger partial charge in [0.15, 0.2) is 5.58 Å². The molecule has 1 aromatic heterocycles. The molecule has 19 heavy (non-hydrogen) atoms. The molecule has 1 heterocycles. The van der Waals surface area contributed by atoms with E-state index in [2.05, 4.69) is 47.8 Å². The van der Waals surface area contributed by atoms with Crippen LogP contribution < -0.4 is 0 Å². The van der Waals surface area contributed by atoms with E-state index in [0.717, 1.165) is 15.2 Å². The zero-order valence-electron chi connectivity index (χ0n) is 8.83. The van der Waals surface area contributed by atoms with Gasteiger partial charge >= 0.3 is 0 Å². The summed E-state index contributed by atoms with van der Waals surface area (Å²) in [5.74, 6) is 0. The molecule has 0 amide bonds. The molecule has 0 N–H and O–H groups in total. The second kappa shape index (κ2) is 5.08. The molecule has 0 atom stereocenters. The van der Waals surface area contributed by atoms with Crippen molar-refractivity contribution in [2.45, 2.75) is 0 Å². The van der Waals surface area contributed by atoms with Crippen LogP contribution in [0.2, 0.25) is 15.1 Å². The fourth-order valence-corrected chi connectivity index (χ4v) is 4.49. The normalized spacial score (nSPS) is 11.7. The summed E-state index contributed by atoms with van der Waals surface area (Å²) < 4.78 is 7.90. The Bertz CT molecular complexity index is 842. The molecule has 7 heteroatoms. The van der Waals surface area contributed by atoms with Crippen LogP contribution >= 0.6 is 82.6 Å². The third-order valence-electron chi connectivity index (χ3n) is 2.71. The largest absolute Gasteiger partial charge is 0.453 e. The molecule has 0 aliphatic rings. The first kappa shape index (κ1) is 14.5. The summed E-state index contributed by atoms with van der Waals surface area (Å²) in [6.07, 6.45) is 0. The molecule has 1 nitrogen and oxygen atoms in total. The lowest BCUT2D eigenvalue weighted by molar-refractivity contribution is 0.666. The molecular formula is C12H2Br3Cl3O. The van der Waals surface area contributed by atoms with Gasteiger partial charge in [0, 0.05) is 20.3 Å². The third kappa shape index (κ3) is 2.16. The highest BCUT2D eigenvalue weighted by Crippen LogP contribution is 2.48. The zero-order chi connectivity index (χ0) is 13.9. The Kier molecular flexibility index (Phi) is 3.87. The molecule has 0 saturated heterocycles. The molecule has 0 radical (unpaired) electrons. The Morgan fingerprint density at radius 3 is 2.21 bits per heavy atom. The van der Waals surface area contributed by atoms with Crippen LogP contribution in [0.25, 0.3) is 21.9 Å². The minimum absolute atomic E-state index is 0.433. The lowest BCUT2D eigenvalue weighted by Gasteiger charge is -2.03. The third-order valence-corrected chi connectivity index (χ3v) is 6.52. The Balaban J connectivity index is 2.67. The summed E-state index contributed by atoms with van der Waals surface area (Å²) in [4.78, 5) is 0. The number of benzene rings is 2. The molecule has 3 aromatic rings. The summed E-state index contributed by atoms with van der Waals surface area (Å²) in [5, 5.41) is 3.18. The average Bonchev–Trinajstić information content (AvgIpc) is 2.73. The Morgan fingerprint density at radius 2 is 1.53 bits per heavy atom. The van der Waals surface area contributed by atoms with Crippen LogP contribution in [-0.2, 0) is 0 Å². The highest BCUT2D eigenvalue weighted by Gasteiger charge is 2.21. The number of rotatable bonds is 0. The summed E-state index contributed by atoms with van der Waals surface area (Å²) >= 11 is 28.8. The average molecular weight is 508 g/mol. The fraction of sp³-hybridized carbons (Fsp3) is 0. The van der Waals surface area contributed by atoms with Gasteiger partial charge in [0.1, 0.15) is 5.58 Å². The van der Waals surface area contributed by atoms with Crippen LogP contribution in [0.1, 0.15) is 0 Å². The maximum atomic E-state index is 6.27. The van der Waals surface area contributed by atoms with Crippen molar-refractivity contribution in [3.05, 3.63) is 40.6 Å². The van der Waals surface area contributed by atoms with Crippen molar-refractivity contribution in [1.82, 2.24) is 0 Å². The van der Waals surface area contributed by atoms with Crippen molar-refractivity contribution in [2.24, 2.45) is 0 Å². The Labute approximate surface area is 148 Å². The van der Waals surface area contributed by atoms with Gasteiger partial charge in [-0.05, 0) is 59.9 Å². The molecule has 0 unspecified atom stereocenters. The molecule has 0 saturated carbocycles. The van der Waals surface area contributed by atoms with E-state index in [1.165, 1.54) is 0 Å². The minimum atomic E-state index is 0.433. The van der Waals surface area contributed by atoms with Crippen LogP contribution in [0.5, 0.6) is 0 Å². The predicted molar refractivity (Wildman–Crippen MR) is 91.9 cm³/mol. The molecule has 0 fully saturated rings. The summed E-state index contributed by atoms with van der Waals surface area (Å²) in [6, 6.07) is 3.59. The number of halogens is 6. The first-order valence-electron chi connectivity index (χ1n) is 4.95. The van der Waals surface area contributed by atoms with Gasteiger partial charge in [-0.3, -0.25) is 0 Å². The lowest BCUT2D eigenvalue weighted by atomic mass is 10.1. The van der Waals surface area contributed by atoms with Crippen LogP contribution in [0, 0.1) is 0 Å². The van der Waals surface area contributed by atoms with Crippen LogP contribution in [0.4, 0.5) is 0 Å². The summed E-state index contributed by atoms with van der Waals surface area (Å²) in [7, 11) is 0. The monoisotopic (exact) mass is 504 g/mol. The van der Waals surface area contributed by atoms with Gasteiger partial charge in [0.05, 0.1) is 19.0 Å². The molecule has 0 aliphatic heterocycles. The van der Waals surface area contributed by atoms with Crippen molar-refractivity contribution in [3.63, 3.8) is 0 Å². The van der Waals surface area contributed by atoms with E-state index >= 15 is 0 Å². The van der Waals surface area contributed by atoms with Crippen LogP contribution in [0.15, 0.2) is 30.0 Å². The molecule has 0 aliphatic carbocycles. The molecular weight excluding hydrogens is 506 g/mol. The second-order valence-electron chi connectivity index (χ2n) is 3.83. The van der Waals surface area contributed by atoms with E-state index in [-0.39, 0.29) is 0 Å². The summed E-state index contributed by atoms with van der Waals surface area (Å²) in [5.41, 5.74) is 1.24. The Morgan fingerprint density at radius 1 is 0.842 bits per heavy atom. The minimum Gasteiger partial charge on any atom is -0.453 e. The van der Waals surface area contributed by atoms with Crippen LogP contribution in [-0.4, -0.2) is 0 Å². The van der Waals surface area contributed by atoms with E-state index in [0.29, 0.717) is 35.2 Å². The van der Waals surface area contributed by atoms with Crippen LogP contribution in [0.3, 0.4) is 0 Å². The molecule has 3 rings (SSSR count). The van der Waals surface area contributed by atoms with Gasteiger partial charge < -0.3 is 4.42 Å². The fourth-order valence-electron chi connectivity index (χ4n) is 1.90. The van der Waals surface area contributed by atoms with Crippen molar-refractivity contribution < 1.29 is 4.42 Å². The molecule has 0 bridgehead atoms. The van der Waals surface area contributed by atoms with Crippen molar-refractivity contribution in [3.8, 4) is 0 Å². The van der Waals surface area contributed by atoms with E-state index < -0.39 is 0 Å². The van der Waals surface area contributed by atoms with Gasteiger partial charge in [-0.2, -0.15) is 0 Å². The standard InChI is InChI=1S/C12H2Br3Cl3O/c13-5-2-3(16)1-4-6-7(14)9(17)8(15)10(18)12(6)19-11(4)5/h1-2H. The predicted octanol–water partition coefficient (Wildman–Crippen LogP) is 7.83. The van der Waals surface area contributed by atoms with Crippen molar-refractivity contribution in [1.29, 1.82) is 0 Å². The van der Waals surface area contributed by atoms with E-state index in [4.69, 9.17) is 39.2 Å². The highest BCUT2D eigenvalue weighted by molar-refractivity contribution is 9.11. The molecule has 98 valence electrons. The topological polar surface area (TPSA) is 13.1 Å². The number of hydrogen-bond donors (Lipinski definition) is 0. The van der Waals surface area contributed by atoms with Gasteiger partial charge in [-0.1, -0.05) is 34.8 Å². The van der Waals surface area contributed by atoms with E-state index in [1.54, 1.807) is 6.07 Å². The molecule has 0 spiro atoms. The maximum absolute atomic E-state index is 6.27. The first-order valence-corrected chi connectivity index (χ1v) is 8.46. The highest BCUT2D eigenvalue weighted by atomic mass is 79.9. The van der Waals surface area contributed by atoms with Crippen molar-refractivity contribution >= 4 is 105 Å². The molecule has 2 aromatic carbocycles. The zero-order valence-corrected chi connectivity index (χ0v) is 15.9. The smallest absolute Gasteiger partial charge is 0.156 e. The van der Waals surface area contributed by atoms with Crippen molar-refractivity contribution in [2.75, 3.05) is 0 Å². The number of fused-ring (bicyclic) bond motifs is 3. The van der Waals surface area contributed by atoms with Gasteiger partial charge in [0.2, 0.25) is 0 Å². The maximum Gasteiger partial charge on any atom is 0.156 e. The number of furan rings is 1. The second-order valence-corrected chi connectivity index (χ2v) is 7.46. The van der Waals surface area contributed by atoms with Gasteiger partial charge in [-0.25, -0.2) is 0 Å².